The Balaban J connectivity index is 1.85. The van der Waals surface area contributed by atoms with Gasteiger partial charge >= 0.3 is 5.97 Å². The molecule has 3 atom stereocenters. The van der Waals surface area contributed by atoms with E-state index < -0.39 is 5.97 Å². The van der Waals surface area contributed by atoms with Crippen LogP contribution in [0.4, 0.5) is 5.95 Å². The molecule has 0 spiro atoms. The first-order valence-corrected chi connectivity index (χ1v) is 6.35. The lowest BCUT2D eigenvalue weighted by atomic mass is 9.76. The van der Waals surface area contributed by atoms with Gasteiger partial charge in [-0.1, -0.05) is 5.10 Å². The monoisotopic (exact) mass is 251 g/mol. The van der Waals surface area contributed by atoms with Crippen LogP contribution in [-0.2, 0) is 11.8 Å². The van der Waals surface area contributed by atoms with Gasteiger partial charge in [-0.2, -0.15) is 0 Å². The zero-order valence-electron chi connectivity index (χ0n) is 10.4. The molecule has 0 amide bonds. The Morgan fingerprint density at radius 2 is 2.22 bits per heavy atom. The third-order valence-electron chi connectivity index (χ3n) is 4.23. The van der Waals surface area contributed by atoms with Gasteiger partial charge in [-0.3, -0.25) is 4.79 Å². The molecule has 7 heteroatoms. The van der Waals surface area contributed by atoms with Crippen LogP contribution in [0, 0.1) is 17.8 Å². The molecule has 3 heterocycles. The van der Waals surface area contributed by atoms with Crippen molar-refractivity contribution in [2.45, 2.75) is 19.3 Å². The van der Waals surface area contributed by atoms with E-state index in [2.05, 4.69) is 20.4 Å². The van der Waals surface area contributed by atoms with Crippen LogP contribution in [0.25, 0.3) is 0 Å². The number of nitrogens with zero attached hydrogens (tertiary/aromatic N) is 5. The molecule has 3 unspecified atom stereocenters. The number of hydrogen-bond acceptors (Lipinski definition) is 5. The van der Waals surface area contributed by atoms with E-state index in [1.165, 1.54) is 0 Å². The summed E-state index contributed by atoms with van der Waals surface area (Å²) in [7, 11) is 1.82. The summed E-state index contributed by atoms with van der Waals surface area (Å²) in [6.07, 6.45) is 2.92. The van der Waals surface area contributed by atoms with Crippen LogP contribution in [-0.4, -0.2) is 44.4 Å². The number of carboxylic acids is 1. The number of carbonyl (C=O) groups is 1. The van der Waals surface area contributed by atoms with Gasteiger partial charge in [0.05, 0.1) is 5.92 Å². The van der Waals surface area contributed by atoms with Gasteiger partial charge < -0.3 is 10.0 Å². The van der Waals surface area contributed by atoms with Crippen molar-refractivity contribution in [3.63, 3.8) is 0 Å². The maximum absolute atomic E-state index is 11.3. The summed E-state index contributed by atoms with van der Waals surface area (Å²) in [4.78, 5) is 13.4. The van der Waals surface area contributed by atoms with Crippen LogP contribution in [0.2, 0.25) is 0 Å². The summed E-state index contributed by atoms with van der Waals surface area (Å²) in [5.74, 6) is 0.565. The van der Waals surface area contributed by atoms with Gasteiger partial charge in [-0.05, 0) is 41.5 Å². The van der Waals surface area contributed by atoms with Gasteiger partial charge in [0.1, 0.15) is 0 Å². The zero-order chi connectivity index (χ0) is 12.7. The zero-order valence-corrected chi connectivity index (χ0v) is 10.4. The van der Waals surface area contributed by atoms with Crippen molar-refractivity contribution in [2.24, 2.45) is 24.8 Å². The van der Waals surface area contributed by atoms with Crippen molar-refractivity contribution in [1.29, 1.82) is 0 Å². The predicted octanol–water partition coefficient (Wildman–Crippen LogP) is 0.147. The second-order valence-corrected chi connectivity index (χ2v) is 5.39. The summed E-state index contributed by atoms with van der Waals surface area (Å²) < 4.78 is 1.65. The Labute approximate surface area is 105 Å². The standard InChI is InChI=1S/C11H17N5O2/c1-15-11(12-13-14-15)16-5-7-2-3-8(6-16)9(4-7)10(17)18/h7-9H,2-6H2,1H3,(H,17,18). The van der Waals surface area contributed by atoms with Crippen LogP contribution in [0.15, 0.2) is 0 Å². The number of carboxylic acid groups (broad SMARTS) is 1. The Kier molecular flexibility index (Phi) is 2.68. The Bertz CT molecular complexity index is 460. The smallest absolute Gasteiger partial charge is 0.306 e. The fourth-order valence-electron chi connectivity index (χ4n) is 3.33. The van der Waals surface area contributed by atoms with Crippen LogP contribution in [0.1, 0.15) is 19.3 Å². The fourth-order valence-corrected chi connectivity index (χ4v) is 3.33. The summed E-state index contributed by atoms with van der Waals surface area (Å²) >= 11 is 0. The highest BCUT2D eigenvalue weighted by molar-refractivity contribution is 5.70. The lowest BCUT2D eigenvalue weighted by molar-refractivity contribution is -0.145. The highest BCUT2D eigenvalue weighted by Crippen LogP contribution is 2.39. The summed E-state index contributed by atoms with van der Waals surface area (Å²) in [5.41, 5.74) is 0. The Morgan fingerprint density at radius 3 is 2.89 bits per heavy atom. The fraction of sp³-hybridized carbons (Fsp3) is 0.818. The molecule has 1 saturated carbocycles. The quantitative estimate of drug-likeness (QED) is 0.805. The lowest BCUT2D eigenvalue weighted by Crippen LogP contribution is -2.33. The topological polar surface area (TPSA) is 84.1 Å². The second-order valence-electron chi connectivity index (χ2n) is 5.39. The number of rotatable bonds is 2. The first-order valence-electron chi connectivity index (χ1n) is 6.35. The molecule has 3 aliphatic rings. The number of anilines is 1. The maximum Gasteiger partial charge on any atom is 0.306 e. The van der Waals surface area contributed by atoms with Gasteiger partial charge in [0.2, 0.25) is 5.95 Å². The third-order valence-corrected chi connectivity index (χ3v) is 4.23. The molecule has 0 aromatic carbocycles. The molecule has 3 fully saturated rings. The Morgan fingerprint density at radius 1 is 1.39 bits per heavy atom. The van der Waals surface area contributed by atoms with Crippen LogP contribution < -0.4 is 4.90 Å². The highest BCUT2D eigenvalue weighted by atomic mass is 16.4. The molecule has 2 aliphatic heterocycles. The molecular weight excluding hydrogens is 234 g/mol. The average Bonchev–Trinajstić information content (AvgIpc) is 2.59. The van der Waals surface area contributed by atoms with E-state index in [9.17, 15) is 9.90 Å². The Hall–Kier alpha value is -1.66. The third kappa shape index (κ3) is 1.83. The SMILES string of the molecule is Cn1nnnc1N1CC2CCC(C1)C(C(=O)O)C2. The predicted molar refractivity (Wildman–Crippen MR) is 63.0 cm³/mol. The molecular formula is C11H17N5O2. The van der Waals surface area contributed by atoms with E-state index in [-0.39, 0.29) is 11.8 Å². The minimum absolute atomic E-state index is 0.199. The molecule has 18 heavy (non-hydrogen) atoms. The van der Waals surface area contributed by atoms with Crippen LogP contribution in [0.5, 0.6) is 0 Å². The van der Waals surface area contributed by atoms with Crippen molar-refractivity contribution in [3.05, 3.63) is 0 Å². The minimum Gasteiger partial charge on any atom is -0.481 e. The van der Waals surface area contributed by atoms with E-state index in [0.29, 0.717) is 5.92 Å². The van der Waals surface area contributed by atoms with E-state index in [4.69, 9.17) is 0 Å². The molecule has 2 bridgehead atoms. The summed E-state index contributed by atoms with van der Waals surface area (Å²) in [5, 5.41) is 20.8. The van der Waals surface area contributed by atoms with E-state index in [1.54, 1.807) is 4.68 Å². The lowest BCUT2D eigenvalue weighted by Gasteiger charge is -2.28. The van der Waals surface area contributed by atoms with Crippen molar-refractivity contribution in [1.82, 2.24) is 20.2 Å². The van der Waals surface area contributed by atoms with Gasteiger partial charge in [0.15, 0.2) is 0 Å². The number of tetrazole rings is 1. The molecule has 98 valence electrons. The molecule has 1 aromatic heterocycles. The molecule has 0 radical (unpaired) electrons. The summed E-state index contributed by atoms with van der Waals surface area (Å²) in [6, 6.07) is 0. The van der Waals surface area contributed by atoms with Crippen molar-refractivity contribution in [2.75, 3.05) is 18.0 Å². The van der Waals surface area contributed by atoms with Gasteiger partial charge in [0.25, 0.3) is 0 Å². The number of aromatic nitrogens is 4. The summed E-state index contributed by atoms with van der Waals surface area (Å²) in [6.45, 7) is 1.62. The molecule has 1 aliphatic carbocycles. The van der Waals surface area contributed by atoms with Gasteiger partial charge in [-0.25, -0.2) is 4.68 Å². The normalized spacial score (nSPS) is 31.4. The molecule has 7 nitrogen and oxygen atoms in total. The van der Waals surface area contributed by atoms with Crippen LogP contribution >= 0.6 is 0 Å². The van der Waals surface area contributed by atoms with Gasteiger partial charge in [-0.15, -0.1) is 0 Å². The molecule has 2 saturated heterocycles. The first-order chi connectivity index (χ1) is 8.65. The maximum atomic E-state index is 11.3. The van der Waals surface area contributed by atoms with Crippen LogP contribution in [0.3, 0.4) is 0 Å². The molecule has 4 rings (SSSR count). The molecule has 1 N–H and O–H groups in total. The first kappa shape index (κ1) is 11.4. The minimum atomic E-state index is -0.650. The largest absolute Gasteiger partial charge is 0.481 e. The van der Waals surface area contributed by atoms with E-state index >= 15 is 0 Å². The average molecular weight is 251 g/mol. The van der Waals surface area contributed by atoms with Crippen molar-refractivity contribution in [3.8, 4) is 0 Å². The second kappa shape index (κ2) is 4.22. The number of aryl methyl sites for hydroxylation is 1. The number of aliphatic carboxylic acids is 1. The van der Waals surface area contributed by atoms with Gasteiger partial charge in [0, 0.05) is 20.1 Å². The number of hydrogen-bond donors (Lipinski definition) is 1. The van der Waals surface area contributed by atoms with Crippen molar-refractivity contribution < 1.29 is 9.90 Å². The van der Waals surface area contributed by atoms with E-state index in [1.807, 2.05) is 7.05 Å². The highest BCUT2D eigenvalue weighted by Gasteiger charge is 2.40. The number of fused-ring (bicyclic) bond motifs is 4. The van der Waals surface area contributed by atoms with E-state index in [0.717, 1.165) is 38.3 Å². The molecule has 1 aromatic rings. The van der Waals surface area contributed by atoms with Crippen molar-refractivity contribution >= 4 is 11.9 Å².